The van der Waals surface area contributed by atoms with Gasteiger partial charge in [-0.15, -0.1) is 11.3 Å². The number of rotatable bonds is 7. The Hall–Kier alpha value is -3.72. The molecule has 1 heterocycles. The number of methoxy groups -OCH3 is 1. The molecular weight excluding hydrogens is 406 g/mol. The second-order valence-electron chi connectivity index (χ2n) is 6.02. The molecule has 0 saturated carbocycles. The van der Waals surface area contributed by atoms with E-state index in [1.807, 2.05) is 0 Å². The Morgan fingerprint density at radius 3 is 2.47 bits per heavy atom. The number of nitrogens with zero attached hydrogens (tertiary/aromatic N) is 1. The Morgan fingerprint density at radius 2 is 1.77 bits per heavy atom. The lowest BCUT2D eigenvalue weighted by atomic mass is 10.1. The number of ether oxygens (including phenoxy) is 2. The number of carbonyl (C=O) groups is 3. The zero-order valence-electron chi connectivity index (χ0n) is 16.3. The van der Waals surface area contributed by atoms with Crippen LogP contribution in [0, 0.1) is 0 Å². The second-order valence-corrected chi connectivity index (χ2v) is 6.91. The van der Waals surface area contributed by atoms with Gasteiger partial charge in [0.15, 0.2) is 16.6 Å². The van der Waals surface area contributed by atoms with E-state index < -0.39 is 11.9 Å². The number of benzene rings is 2. The lowest BCUT2D eigenvalue weighted by Crippen LogP contribution is -2.15. The maximum absolute atomic E-state index is 12.6. The minimum Gasteiger partial charge on any atom is -0.493 e. The van der Waals surface area contributed by atoms with Crippen molar-refractivity contribution in [3.05, 3.63) is 65.2 Å². The highest BCUT2D eigenvalue weighted by Gasteiger charge is 2.14. The number of thiazole rings is 1. The Bertz CT molecular complexity index is 1070. The summed E-state index contributed by atoms with van der Waals surface area (Å²) in [7, 11) is 1.42. The first-order valence-corrected chi connectivity index (χ1v) is 9.89. The van der Waals surface area contributed by atoms with Crippen LogP contribution in [-0.2, 0) is 4.79 Å². The van der Waals surface area contributed by atoms with Crippen molar-refractivity contribution in [2.24, 2.45) is 0 Å². The number of esters is 1. The third kappa shape index (κ3) is 5.21. The standard InChI is InChI=1S/C21H19N3O5S/c1-3-18(25)29-16-8-7-14(12-17(16)28-2)19(26)23-15-6-4-5-13(11-15)20(27)24-21-22-9-10-30-21/h4-12H,3H2,1-2H3,(H,23,26)(H,22,24,27). The SMILES string of the molecule is CCC(=O)Oc1ccc(C(=O)Nc2cccc(C(=O)Nc3nccs3)c2)cc1OC. The summed E-state index contributed by atoms with van der Waals surface area (Å²) < 4.78 is 10.4. The van der Waals surface area contributed by atoms with Crippen molar-refractivity contribution in [3.8, 4) is 11.5 Å². The second kappa shape index (κ2) is 9.66. The average Bonchev–Trinajstić information content (AvgIpc) is 3.27. The molecule has 0 atom stereocenters. The quantitative estimate of drug-likeness (QED) is 0.438. The molecule has 9 heteroatoms. The fourth-order valence-electron chi connectivity index (χ4n) is 2.48. The summed E-state index contributed by atoms with van der Waals surface area (Å²) in [6.45, 7) is 1.68. The van der Waals surface area contributed by atoms with Crippen LogP contribution in [0.3, 0.4) is 0 Å². The van der Waals surface area contributed by atoms with Crippen molar-refractivity contribution in [3.63, 3.8) is 0 Å². The van der Waals surface area contributed by atoms with Gasteiger partial charge in [0.25, 0.3) is 11.8 Å². The summed E-state index contributed by atoms with van der Waals surface area (Å²) in [6, 6.07) is 11.0. The predicted octanol–water partition coefficient (Wildman–Crippen LogP) is 3.97. The Morgan fingerprint density at radius 1 is 1.00 bits per heavy atom. The molecule has 0 aliphatic heterocycles. The molecule has 0 fully saturated rings. The number of hydrogen-bond acceptors (Lipinski definition) is 7. The van der Waals surface area contributed by atoms with Crippen molar-refractivity contribution in [1.82, 2.24) is 4.98 Å². The molecule has 8 nitrogen and oxygen atoms in total. The number of anilines is 2. The van der Waals surface area contributed by atoms with Crippen LogP contribution in [-0.4, -0.2) is 29.9 Å². The molecule has 0 unspecified atom stereocenters. The first kappa shape index (κ1) is 21.0. The van der Waals surface area contributed by atoms with Gasteiger partial charge in [0.05, 0.1) is 7.11 Å². The molecule has 0 aliphatic carbocycles. The van der Waals surface area contributed by atoms with Crippen molar-refractivity contribution in [2.45, 2.75) is 13.3 Å². The van der Waals surface area contributed by atoms with Gasteiger partial charge in [0, 0.05) is 34.8 Å². The zero-order valence-corrected chi connectivity index (χ0v) is 17.1. The number of amides is 2. The molecule has 0 aliphatic rings. The van der Waals surface area contributed by atoms with Gasteiger partial charge in [-0.25, -0.2) is 4.98 Å². The molecule has 3 rings (SSSR count). The third-order valence-electron chi connectivity index (χ3n) is 3.97. The molecule has 0 saturated heterocycles. The minimum atomic E-state index is -0.404. The average molecular weight is 425 g/mol. The van der Waals surface area contributed by atoms with E-state index in [4.69, 9.17) is 9.47 Å². The third-order valence-corrected chi connectivity index (χ3v) is 4.66. The van der Waals surface area contributed by atoms with Crippen molar-refractivity contribution < 1.29 is 23.9 Å². The van der Waals surface area contributed by atoms with Crippen molar-refractivity contribution >= 4 is 39.9 Å². The minimum absolute atomic E-state index is 0.220. The molecule has 2 aromatic carbocycles. The van der Waals surface area contributed by atoms with Gasteiger partial charge in [-0.3, -0.25) is 19.7 Å². The number of hydrogen-bond donors (Lipinski definition) is 2. The summed E-state index contributed by atoms with van der Waals surface area (Å²) >= 11 is 1.31. The number of carbonyl (C=O) groups excluding carboxylic acids is 3. The lowest BCUT2D eigenvalue weighted by Gasteiger charge is -2.11. The topological polar surface area (TPSA) is 107 Å². The summed E-state index contributed by atoms with van der Waals surface area (Å²) in [4.78, 5) is 40.5. The maximum Gasteiger partial charge on any atom is 0.311 e. The van der Waals surface area contributed by atoms with Crippen LogP contribution in [0.15, 0.2) is 54.0 Å². The van der Waals surface area contributed by atoms with Crippen molar-refractivity contribution in [1.29, 1.82) is 0 Å². The largest absolute Gasteiger partial charge is 0.493 e. The van der Waals surface area contributed by atoms with Gasteiger partial charge in [-0.2, -0.15) is 0 Å². The highest BCUT2D eigenvalue weighted by molar-refractivity contribution is 7.13. The summed E-state index contributed by atoms with van der Waals surface area (Å²) in [5, 5.41) is 7.68. The Kier molecular flexibility index (Phi) is 6.76. The zero-order chi connectivity index (χ0) is 21.5. The Labute approximate surface area is 176 Å². The van der Waals surface area contributed by atoms with Crippen LogP contribution >= 0.6 is 11.3 Å². The van der Waals surface area contributed by atoms with Crippen LogP contribution in [0.4, 0.5) is 10.8 Å². The van der Waals surface area contributed by atoms with E-state index in [1.165, 1.54) is 36.6 Å². The molecule has 0 bridgehead atoms. The highest BCUT2D eigenvalue weighted by Crippen LogP contribution is 2.29. The van der Waals surface area contributed by atoms with E-state index >= 15 is 0 Å². The smallest absolute Gasteiger partial charge is 0.311 e. The normalized spacial score (nSPS) is 10.2. The number of nitrogens with one attached hydrogen (secondary N) is 2. The molecule has 1 aromatic heterocycles. The van der Waals surface area contributed by atoms with Gasteiger partial charge in [-0.1, -0.05) is 13.0 Å². The van der Waals surface area contributed by atoms with E-state index in [-0.39, 0.29) is 23.8 Å². The van der Waals surface area contributed by atoms with Gasteiger partial charge >= 0.3 is 5.97 Å². The van der Waals surface area contributed by atoms with E-state index in [2.05, 4.69) is 15.6 Å². The molecule has 154 valence electrons. The molecule has 2 amide bonds. The highest BCUT2D eigenvalue weighted by atomic mass is 32.1. The van der Waals surface area contributed by atoms with Crippen LogP contribution in [0.2, 0.25) is 0 Å². The van der Waals surface area contributed by atoms with Gasteiger partial charge in [0.1, 0.15) is 0 Å². The summed E-state index contributed by atoms with van der Waals surface area (Å²) in [5.41, 5.74) is 1.13. The van der Waals surface area contributed by atoms with Crippen LogP contribution in [0.5, 0.6) is 11.5 Å². The molecule has 0 spiro atoms. The van der Waals surface area contributed by atoms with Crippen LogP contribution < -0.4 is 20.1 Å². The maximum atomic E-state index is 12.6. The van der Waals surface area contributed by atoms with Gasteiger partial charge in [-0.05, 0) is 36.4 Å². The fourth-order valence-corrected chi connectivity index (χ4v) is 3.01. The van der Waals surface area contributed by atoms with E-state index in [0.29, 0.717) is 21.9 Å². The predicted molar refractivity (Wildman–Crippen MR) is 113 cm³/mol. The van der Waals surface area contributed by atoms with E-state index in [1.54, 1.807) is 42.8 Å². The first-order chi connectivity index (χ1) is 14.5. The molecule has 0 radical (unpaired) electrons. The monoisotopic (exact) mass is 425 g/mol. The Balaban J connectivity index is 1.72. The number of aromatic nitrogens is 1. The van der Waals surface area contributed by atoms with E-state index in [0.717, 1.165) is 0 Å². The lowest BCUT2D eigenvalue weighted by molar-refractivity contribution is -0.134. The van der Waals surface area contributed by atoms with Crippen LogP contribution in [0.25, 0.3) is 0 Å². The van der Waals surface area contributed by atoms with Crippen LogP contribution in [0.1, 0.15) is 34.1 Å². The molecule has 3 aromatic rings. The van der Waals surface area contributed by atoms with Gasteiger partial charge in [0.2, 0.25) is 0 Å². The van der Waals surface area contributed by atoms with Crippen molar-refractivity contribution in [2.75, 3.05) is 17.7 Å². The van der Waals surface area contributed by atoms with E-state index in [9.17, 15) is 14.4 Å². The fraction of sp³-hybridized carbons (Fsp3) is 0.143. The molecule has 30 heavy (non-hydrogen) atoms. The summed E-state index contributed by atoms with van der Waals surface area (Å²) in [6.07, 6.45) is 1.82. The molecule has 2 N–H and O–H groups in total. The molecular formula is C21H19N3O5S. The summed E-state index contributed by atoms with van der Waals surface area (Å²) in [5.74, 6) is -0.634. The van der Waals surface area contributed by atoms with Gasteiger partial charge < -0.3 is 14.8 Å². The first-order valence-electron chi connectivity index (χ1n) is 9.01.